The molecule has 86 valence electrons. The Morgan fingerprint density at radius 2 is 2.25 bits per heavy atom. The number of benzene rings is 1. The van der Waals surface area contributed by atoms with E-state index in [9.17, 15) is 4.79 Å². The van der Waals surface area contributed by atoms with Crippen LogP contribution in [0.1, 0.15) is 29.6 Å². The number of hydrogen-bond donors (Lipinski definition) is 1. The number of ether oxygens (including phenoxy) is 1. The largest absolute Gasteiger partial charge is 0.397 e. The zero-order valence-corrected chi connectivity index (χ0v) is 9.67. The minimum Gasteiger partial charge on any atom is -0.397 e. The van der Waals surface area contributed by atoms with Crippen molar-refractivity contribution in [2.24, 2.45) is 0 Å². The van der Waals surface area contributed by atoms with E-state index >= 15 is 0 Å². The van der Waals surface area contributed by atoms with Crippen LogP contribution in [0.25, 0.3) is 0 Å². The van der Waals surface area contributed by atoms with Gasteiger partial charge in [-0.3, -0.25) is 4.79 Å². The van der Waals surface area contributed by atoms with E-state index in [-0.39, 0.29) is 11.9 Å². The fourth-order valence-corrected chi connectivity index (χ4v) is 2.05. The maximum Gasteiger partial charge on any atom is 0.193 e. The molecule has 0 spiro atoms. The maximum absolute atomic E-state index is 12.1. The van der Waals surface area contributed by atoms with Crippen LogP contribution in [-0.2, 0) is 4.74 Å². The van der Waals surface area contributed by atoms with E-state index in [1.54, 1.807) is 18.2 Å². The van der Waals surface area contributed by atoms with Crippen LogP contribution in [0, 0.1) is 0 Å². The fourth-order valence-electron chi connectivity index (χ4n) is 1.87. The van der Waals surface area contributed by atoms with Crippen molar-refractivity contribution in [2.45, 2.75) is 25.4 Å². The summed E-state index contributed by atoms with van der Waals surface area (Å²) >= 11 is 5.88. The van der Waals surface area contributed by atoms with E-state index in [1.807, 2.05) is 0 Å². The predicted molar refractivity (Wildman–Crippen MR) is 63.8 cm³/mol. The third kappa shape index (κ3) is 2.20. The molecule has 3 nitrogen and oxygen atoms in total. The third-order valence-corrected chi connectivity index (χ3v) is 3.12. The molecule has 1 saturated heterocycles. The molecule has 1 aromatic carbocycles. The number of nitrogen functional groups attached to an aromatic ring is 1. The van der Waals surface area contributed by atoms with E-state index in [2.05, 4.69) is 0 Å². The lowest BCUT2D eigenvalue weighted by Crippen LogP contribution is -2.28. The number of anilines is 1. The Morgan fingerprint density at radius 1 is 1.44 bits per heavy atom. The van der Waals surface area contributed by atoms with Gasteiger partial charge in [0.15, 0.2) is 5.78 Å². The highest BCUT2D eigenvalue weighted by molar-refractivity contribution is 6.34. The van der Waals surface area contributed by atoms with E-state index < -0.39 is 0 Å². The van der Waals surface area contributed by atoms with Gasteiger partial charge in [0.2, 0.25) is 0 Å². The van der Waals surface area contributed by atoms with Crippen molar-refractivity contribution >= 4 is 23.1 Å². The number of nitrogens with two attached hydrogens (primary N) is 1. The summed E-state index contributed by atoms with van der Waals surface area (Å²) in [6.45, 7) is 0.650. The van der Waals surface area contributed by atoms with Crippen molar-refractivity contribution < 1.29 is 9.53 Å². The van der Waals surface area contributed by atoms with Gasteiger partial charge in [0, 0.05) is 12.2 Å². The Morgan fingerprint density at radius 3 is 2.94 bits per heavy atom. The zero-order valence-electron chi connectivity index (χ0n) is 8.91. The van der Waals surface area contributed by atoms with Crippen molar-refractivity contribution in [3.63, 3.8) is 0 Å². The number of carbonyl (C=O) groups is 1. The Kier molecular flexibility index (Phi) is 3.46. The van der Waals surface area contributed by atoms with Gasteiger partial charge in [0.25, 0.3) is 0 Å². The first kappa shape index (κ1) is 11.4. The summed E-state index contributed by atoms with van der Waals surface area (Å²) in [6, 6.07) is 5.10. The molecule has 0 aliphatic carbocycles. The summed E-state index contributed by atoms with van der Waals surface area (Å²) in [5.41, 5.74) is 6.60. The smallest absolute Gasteiger partial charge is 0.193 e. The van der Waals surface area contributed by atoms with Crippen LogP contribution in [0.3, 0.4) is 0 Å². The molecule has 4 heteroatoms. The molecule has 1 atom stereocenters. The molecule has 1 aromatic rings. The molecule has 0 bridgehead atoms. The molecule has 0 amide bonds. The highest BCUT2D eigenvalue weighted by Crippen LogP contribution is 2.26. The third-order valence-electron chi connectivity index (χ3n) is 2.79. The molecular weight excluding hydrogens is 226 g/mol. The fraction of sp³-hybridized carbons (Fsp3) is 0.417. The number of para-hydroxylation sites is 1. The first-order valence-electron chi connectivity index (χ1n) is 5.40. The van der Waals surface area contributed by atoms with Crippen molar-refractivity contribution in [1.29, 1.82) is 0 Å². The van der Waals surface area contributed by atoms with Crippen LogP contribution in [0.15, 0.2) is 18.2 Å². The molecule has 0 radical (unpaired) electrons. The monoisotopic (exact) mass is 239 g/mol. The highest BCUT2D eigenvalue weighted by atomic mass is 35.5. The molecule has 2 rings (SSSR count). The summed E-state index contributed by atoms with van der Waals surface area (Å²) in [5, 5.41) is 0.418. The van der Waals surface area contributed by atoms with E-state index in [0.717, 1.165) is 19.3 Å². The molecule has 1 fully saturated rings. The number of Topliss-reactive ketones (excluding diaryl/α,β-unsaturated/α-hetero) is 1. The summed E-state index contributed by atoms with van der Waals surface area (Å²) < 4.78 is 5.44. The summed E-state index contributed by atoms with van der Waals surface area (Å²) in [7, 11) is 0. The average molecular weight is 240 g/mol. The van der Waals surface area contributed by atoms with Crippen molar-refractivity contribution in [1.82, 2.24) is 0 Å². The lowest BCUT2D eigenvalue weighted by atomic mass is 9.99. The van der Waals surface area contributed by atoms with Gasteiger partial charge in [-0.2, -0.15) is 0 Å². The first-order valence-corrected chi connectivity index (χ1v) is 5.78. The molecule has 1 aliphatic heterocycles. The predicted octanol–water partition coefficient (Wildman–Crippen LogP) is 2.67. The van der Waals surface area contributed by atoms with Crippen LogP contribution in [-0.4, -0.2) is 18.5 Å². The number of halogens is 1. The molecule has 1 unspecified atom stereocenters. The Bertz CT molecular complexity index is 400. The quantitative estimate of drug-likeness (QED) is 0.638. The Hall–Kier alpha value is -1.06. The van der Waals surface area contributed by atoms with Gasteiger partial charge >= 0.3 is 0 Å². The van der Waals surface area contributed by atoms with E-state index in [0.29, 0.717) is 22.9 Å². The maximum atomic E-state index is 12.1. The van der Waals surface area contributed by atoms with Crippen LogP contribution >= 0.6 is 11.6 Å². The molecule has 0 aromatic heterocycles. The van der Waals surface area contributed by atoms with Crippen LogP contribution in [0.4, 0.5) is 5.69 Å². The SMILES string of the molecule is Nc1c(Cl)cccc1C(=O)C1CCCCO1. The zero-order chi connectivity index (χ0) is 11.5. The topological polar surface area (TPSA) is 52.3 Å². The molecule has 16 heavy (non-hydrogen) atoms. The number of hydrogen-bond acceptors (Lipinski definition) is 3. The van der Waals surface area contributed by atoms with Crippen LogP contribution < -0.4 is 5.73 Å². The lowest BCUT2D eigenvalue weighted by Gasteiger charge is -2.21. The molecule has 0 saturated carbocycles. The molecule has 2 N–H and O–H groups in total. The van der Waals surface area contributed by atoms with Gasteiger partial charge in [-0.25, -0.2) is 0 Å². The van der Waals surface area contributed by atoms with E-state index in [4.69, 9.17) is 22.1 Å². The Balaban J connectivity index is 2.22. The van der Waals surface area contributed by atoms with Crippen molar-refractivity contribution in [3.05, 3.63) is 28.8 Å². The molecule has 1 aliphatic rings. The number of carbonyl (C=O) groups excluding carboxylic acids is 1. The van der Waals surface area contributed by atoms with Gasteiger partial charge in [0.1, 0.15) is 6.10 Å². The second-order valence-electron chi connectivity index (χ2n) is 3.92. The van der Waals surface area contributed by atoms with Gasteiger partial charge in [0.05, 0.1) is 10.7 Å². The number of ketones is 1. The summed E-state index contributed by atoms with van der Waals surface area (Å²) in [4.78, 5) is 12.1. The minimum absolute atomic E-state index is 0.0558. The first-order chi connectivity index (χ1) is 7.70. The lowest BCUT2D eigenvalue weighted by molar-refractivity contribution is 0.0187. The molecule has 1 heterocycles. The summed E-state index contributed by atoms with van der Waals surface area (Å²) in [5.74, 6) is -0.0558. The Labute approximate surface area is 99.5 Å². The van der Waals surface area contributed by atoms with Gasteiger partial charge in [-0.05, 0) is 31.4 Å². The van der Waals surface area contributed by atoms with Crippen LogP contribution in [0.2, 0.25) is 5.02 Å². The second-order valence-corrected chi connectivity index (χ2v) is 4.33. The second kappa shape index (κ2) is 4.85. The standard InChI is InChI=1S/C12H14ClNO2/c13-9-5-3-4-8(11(9)14)12(15)10-6-1-2-7-16-10/h3-5,10H,1-2,6-7,14H2. The normalized spacial score (nSPS) is 20.7. The molecular formula is C12H14ClNO2. The van der Waals surface area contributed by atoms with Gasteiger partial charge < -0.3 is 10.5 Å². The van der Waals surface area contributed by atoms with E-state index in [1.165, 1.54) is 0 Å². The van der Waals surface area contributed by atoms with Gasteiger partial charge in [-0.1, -0.05) is 17.7 Å². The summed E-state index contributed by atoms with van der Waals surface area (Å²) in [6.07, 6.45) is 2.46. The van der Waals surface area contributed by atoms with Crippen molar-refractivity contribution in [3.8, 4) is 0 Å². The minimum atomic E-state index is -0.352. The van der Waals surface area contributed by atoms with Crippen LogP contribution in [0.5, 0.6) is 0 Å². The van der Waals surface area contributed by atoms with Gasteiger partial charge in [-0.15, -0.1) is 0 Å². The number of rotatable bonds is 2. The average Bonchev–Trinajstić information content (AvgIpc) is 2.33. The van der Waals surface area contributed by atoms with Crippen molar-refractivity contribution in [2.75, 3.05) is 12.3 Å². The highest BCUT2D eigenvalue weighted by Gasteiger charge is 2.25.